The lowest BCUT2D eigenvalue weighted by atomic mass is 10.2. The molecule has 3 rings (SSSR count). The molecule has 2 aromatic rings. The van der Waals surface area contributed by atoms with Crippen LogP contribution in [0.2, 0.25) is 0 Å². The van der Waals surface area contributed by atoms with E-state index >= 15 is 0 Å². The Bertz CT molecular complexity index is 505. The van der Waals surface area contributed by atoms with Crippen LogP contribution in [0.15, 0.2) is 28.7 Å². The number of nitrogens with zero attached hydrogens (tertiary/aromatic N) is 1. The first-order valence-corrected chi connectivity index (χ1v) is 5.62. The number of oxazole rings is 1. The molecule has 1 aliphatic carbocycles. The molecule has 1 heterocycles. The molecule has 1 aromatic carbocycles. The number of hydrogen-bond acceptors (Lipinski definition) is 3. The molecule has 1 aliphatic rings. The van der Waals surface area contributed by atoms with E-state index in [-0.39, 0.29) is 18.9 Å². The number of fused-ring (bicyclic) bond motifs is 1. The number of para-hydroxylation sites is 2. The lowest BCUT2D eigenvalue weighted by molar-refractivity contribution is 0.00849. The van der Waals surface area contributed by atoms with Gasteiger partial charge in [-0.2, -0.15) is 4.98 Å². The zero-order chi connectivity index (χ0) is 11.9. The standard InChI is InChI=1S/C12H12F2N2O/c13-12(14)6-5-8(7-12)15-11-16-9-3-1-2-4-10(9)17-11/h1-4,8H,5-7H2,(H,15,16). The summed E-state index contributed by atoms with van der Waals surface area (Å²) in [4.78, 5) is 4.20. The van der Waals surface area contributed by atoms with E-state index in [2.05, 4.69) is 10.3 Å². The number of benzene rings is 1. The summed E-state index contributed by atoms with van der Waals surface area (Å²) in [6.45, 7) is 0. The van der Waals surface area contributed by atoms with Gasteiger partial charge in [-0.3, -0.25) is 0 Å². The lowest BCUT2D eigenvalue weighted by Crippen LogP contribution is -2.19. The second-order valence-electron chi connectivity index (χ2n) is 4.43. The Hall–Kier alpha value is -1.65. The van der Waals surface area contributed by atoms with Crippen LogP contribution >= 0.6 is 0 Å². The van der Waals surface area contributed by atoms with Crippen molar-refractivity contribution in [1.29, 1.82) is 0 Å². The van der Waals surface area contributed by atoms with Gasteiger partial charge in [0.1, 0.15) is 5.52 Å². The minimum absolute atomic E-state index is 0.0646. The van der Waals surface area contributed by atoms with E-state index < -0.39 is 5.92 Å². The maximum atomic E-state index is 13.0. The van der Waals surface area contributed by atoms with Crippen LogP contribution in [0.5, 0.6) is 0 Å². The summed E-state index contributed by atoms with van der Waals surface area (Å²) >= 11 is 0. The van der Waals surface area contributed by atoms with Crippen LogP contribution < -0.4 is 5.32 Å². The highest BCUT2D eigenvalue weighted by Crippen LogP contribution is 2.36. The molecule has 0 radical (unpaired) electrons. The second kappa shape index (κ2) is 3.68. The smallest absolute Gasteiger partial charge is 0.295 e. The summed E-state index contributed by atoms with van der Waals surface area (Å²) in [5.74, 6) is -2.55. The molecule has 1 fully saturated rings. The molecule has 17 heavy (non-hydrogen) atoms. The largest absolute Gasteiger partial charge is 0.424 e. The third kappa shape index (κ3) is 2.09. The van der Waals surface area contributed by atoms with Gasteiger partial charge in [0.25, 0.3) is 6.01 Å². The molecule has 1 atom stereocenters. The Morgan fingerprint density at radius 1 is 1.35 bits per heavy atom. The highest BCUT2D eigenvalue weighted by Gasteiger charge is 2.39. The molecule has 0 bridgehead atoms. The molecule has 3 nitrogen and oxygen atoms in total. The van der Waals surface area contributed by atoms with Crippen LogP contribution in [0.1, 0.15) is 19.3 Å². The Balaban J connectivity index is 1.77. The van der Waals surface area contributed by atoms with Gasteiger partial charge in [0.15, 0.2) is 5.58 Å². The molecule has 0 saturated heterocycles. The molecule has 1 aromatic heterocycles. The number of aromatic nitrogens is 1. The first-order chi connectivity index (χ1) is 8.12. The topological polar surface area (TPSA) is 38.1 Å². The van der Waals surface area contributed by atoms with E-state index in [4.69, 9.17) is 4.42 Å². The van der Waals surface area contributed by atoms with Gasteiger partial charge in [-0.15, -0.1) is 0 Å². The summed E-state index contributed by atoms with van der Waals surface area (Å²) in [7, 11) is 0. The van der Waals surface area contributed by atoms with E-state index in [1.165, 1.54) is 0 Å². The maximum Gasteiger partial charge on any atom is 0.295 e. The minimum atomic E-state index is -2.55. The van der Waals surface area contributed by atoms with Crippen LogP contribution in [0, 0.1) is 0 Å². The van der Waals surface area contributed by atoms with Gasteiger partial charge in [-0.1, -0.05) is 12.1 Å². The van der Waals surface area contributed by atoms with Crippen LogP contribution in [0.4, 0.5) is 14.8 Å². The first-order valence-electron chi connectivity index (χ1n) is 5.62. The van der Waals surface area contributed by atoms with Crippen molar-refractivity contribution < 1.29 is 13.2 Å². The summed E-state index contributed by atoms with van der Waals surface area (Å²) < 4.78 is 31.5. The predicted octanol–water partition coefficient (Wildman–Crippen LogP) is 3.43. The van der Waals surface area contributed by atoms with Crippen LogP contribution in [0.25, 0.3) is 11.1 Å². The van der Waals surface area contributed by atoms with Crippen molar-refractivity contribution in [3.05, 3.63) is 24.3 Å². The Morgan fingerprint density at radius 3 is 2.88 bits per heavy atom. The number of halogens is 2. The highest BCUT2D eigenvalue weighted by atomic mass is 19.3. The number of alkyl halides is 2. The average molecular weight is 238 g/mol. The quantitative estimate of drug-likeness (QED) is 0.871. The normalized spacial score (nSPS) is 23.1. The Morgan fingerprint density at radius 2 is 2.18 bits per heavy atom. The van der Waals surface area contributed by atoms with Crippen molar-refractivity contribution in [1.82, 2.24) is 4.98 Å². The van der Waals surface area contributed by atoms with Gasteiger partial charge < -0.3 is 9.73 Å². The molecule has 0 amide bonds. The summed E-state index contributed by atoms with van der Waals surface area (Å²) in [5, 5.41) is 2.93. The monoisotopic (exact) mass is 238 g/mol. The van der Waals surface area contributed by atoms with Gasteiger partial charge in [0.2, 0.25) is 5.92 Å². The van der Waals surface area contributed by atoms with Crippen molar-refractivity contribution in [2.45, 2.75) is 31.2 Å². The van der Waals surface area contributed by atoms with Crippen molar-refractivity contribution in [3.8, 4) is 0 Å². The van der Waals surface area contributed by atoms with Crippen molar-refractivity contribution in [2.24, 2.45) is 0 Å². The molecular weight excluding hydrogens is 226 g/mol. The first kappa shape index (κ1) is 10.5. The highest BCUT2D eigenvalue weighted by molar-refractivity contribution is 5.74. The fraction of sp³-hybridized carbons (Fsp3) is 0.417. The van der Waals surface area contributed by atoms with Gasteiger partial charge in [-0.25, -0.2) is 8.78 Å². The zero-order valence-corrected chi connectivity index (χ0v) is 9.12. The summed E-state index contributed by atoms with van der Waals surface area (Å²) in [6, 6.07) is 7.41. The van der Waals surface area contributed by atoms with Crippen molar-refractivity contribution in [2.75, 3.05) is 5.32 Å². The van der Waals surface area contributed by atoms with Gasteiger partial charge >= 0.3 is 0 Å². The molecular formula is C12H12F2N2O. The second-order valence-corrected chi connectivity index (χ2v) is 4.43. The minimum Gasteiger partial charge on any atom is -0.424 e. The number of anilines is 1. The third-order valence-electron chi connectivity index (χ3n) is 3.03. The van der Waals surface area contributed by atoms with Crippen molar-refractivity contribution in [3.63, 3.8) is 0 Å². The lowest BCUT2D eigenvalue weighted by Gasteiger charge is -2.10. The molecule has 1 N–H and O–H groups in total. The molecule has 1 unspecified atom stereocenters. The average Bonchev–Trinajstić information content (AvgIpc) is 2.81. The summed E-state index contributed by atoms with van der Waals surface area (Å²) in [5.41, 5.74) is 1.40. The summed E-state index contributed by atoms with van der Waals surface area (Å²) in [6.07, 6.45) is 0.238. The van der Waals surface area contributed by atoms with E-state index in [1.807, 2.05) is 18.2 Å². The third-order valence-corrected chi connectivity index (χ3v) is 3.03. The van der Waals surface area contributed by atoms with Crippen LogP contribution in [-0.4, -0.2) is 16.9 Å². The van der Waals surface area contributed by atoms with Gasteiger partial charge in [0.05, 0.1) is 0 Å². The van der Waals surface area contributed by atoms with Gasteiger partial charge in [0, 0.05) is 18.9 Å². The van der Waals surface area contributed by atoms with E-state index in [1.54, 1.807) is 6.07 Å². The zero-order valence-electron chi connectivity index (χ0n) is 9.12. The Labute approximate surface area is 96.8 Å². The fourth-order valence-electron chi connectivity index (χ4n) is 2.18. The van der Waals surface area contributed by atoms with Crippen molar-refractivity contribution >= 4 is 17.1 Å². The van der Waals surface area contributed by atoms with E-state index in [9.17, 15) is 8.78 Å². The van der Waals surface area contributed by atoms with E-state index in [0.29, 0.717) is 18.0 Å². The number of rotatable bonds is 2. The van der Waals surface area contributed by atoms with Crippen LogP contribution in [0.3, 0.4) is 0 Å². The molecule has 5 heteroatoms. The maximum absolute atomic E-state index is 13.0. The van der Waals surface area contributed by atoms with E-state index in [0.717, 1.165) is 5.52 Å². The molecule has 0 spiro atoms. The predicted molar refractivity (Wildman–Crippen MR) is 60.2 cm³/mol. The molecule has 1 saturated carbocycles. The van der Waals surface area contributed by atoms with Gasteiger partial charge in [-0.05, 0) is 18.6 Å². The number of hydrogen-bond donors (Lipinski definition) is 1. The number of nitrogens with one attached hydrogen (secondary N) is 1. The van der Waals surface area contributed by atoms with Crippen LogP contribution in [-0.2, 0) is 0 Å². The Kier molecular flexibility index (Phi) is 2.28. The molecule has 0 aliphatic heterocycles. The molecule has 90 valence electrons. The SMILES string of the molecule is FC1(F)CCC(Nc2nc3ccccc3o2)C1. The fourth-order valence-corrected chi connectivity index (χ4v) is 2.18.